The second-order valence-electron chi connectivity index (χ2n) is 6.04. The van der Waals surface area contributed by atoms with Crippen LogP contribution in [-0.4, -0.2) is 11.6 Å². The highest BCUT2D eigenvalue weighted by molar-refractivity contribution is 6.28. The summed E-state index contributed by atoms with van der Waals surface area (Å²) >= 11 is 0. The second kappa shape index (κ2) is 4.96. The van der Waals surface area contributed by atoms with Crippen molar-refractivity contribution in [3.63, 3.8) is 0 Å². The van der Waals surface area contributed by atoms with Gasteiger partial charge < -0.3 is 0 Å². The van der Waals surface area contributed by atoms with Gasteiger partial charge in [0, 0.05) is 22.3 Å². The van der Waals surface area contributed by atoms with Crippen LogP contribution >= 0.6 is 0 Å². The lowest BCUT2D eigenvalue weighted by Crippen LogP contribution is -2.21. The van der Waals surface area contributed by atoms with Crippen LogP contribution in [0, 0.1) is 5.92 Å². The van der Waals surface area contributed by atoms with Gasteiger partial charge in [-0.15, -0.1) is 0 Å². The lowest BCUT2D eigenvalue weighted by Gasteiger charge is -2.21. The molecule has 1 aliphatic rings. The van der Waals surface area contributed by atoms with Gasteiger partial charge in [-0.25, -0.2) is 0 Å². The predicted molar refractivity (Wildman–Crippen MR) is 83.0 cm³/mol. The summed E-state index contributed by atoms with van der Waals surface area (Å²) in [6, 6.07) is 12.7. The molecule has 1 atom stereocenters. The third-order valence-electron chi connectivity index (χ3n) is 4.47. The number of rotatable bonds is 2. The first-order valence-corrected chi connectivity index (χ1v) is 7.33. The van der Waals surface area contributed by atoms with Gasteiger partial charge in [0.1, 0.15) is 0 Å². The molecule has 2 heteroatoms. The van der Waals surface area contributed by atoms with Crippen LogP contribution in [0.2, 0.25) is 0 Å². The predicted octanol–water partition coefficient (Wildman–Crippen LogP) is 4.22. The van der Waals surface area contributed by atoms with E-state index >= 15 is 0 Å². The molecule has 0 unspecified atom stereocenters. The highest BCUT2D eigenvalue weighted by Crippen LogP contribution is 2.31. The van der Waals surface area contributed by atoms with Crippen LogP contribution < -0.4 is 0 Å². The van der Waals surface area contributed by atoms with E-state index in [0.717, 1.165) is 5.56 Å². The normalized spacial score (nSPS) is 14.9. The summed E-state index contributed by atoms with van der Waals surface area (Å²) < 4.78 is 0. The molecule has 21 heavy (non-hydrogen) atoms. The number of hydrogen-bond donors (Lipinski definition) is 0. The lowest BCUT2D eigenvalue weighted by atomic mass is 9.81. The average Bonchev–Trinajstić information content (AvgIpc) is 2.51. The van der Waals surface area contributed by atoms with Gasteiger partial charge in [0.15, 0.2) is 11.6 Å². The third kappa shape index (κ3) is 2.11. The standard InChI is InChI=1S/C19H18O2/c1-11(2)12(3)13-8-9-16-17(10-13)19(21)15-7-5-4-6-14(15)18(16)20/h4-12H,1-3H3/t12-/m1/s1. The molecule has 2 aromatic carbocycles. The fourth-order valence-electron chi connectivity index (χ4n) is 2.79. The van der Waals surface area contributed by atoms with E-state index in [9.17, 15) is 9.59 Å². The Labute approximate surface area is 124 Å². The first-order valence-electron chi connectivity index (χ1n) is 7.33. The number of ketones is 2. The maximum Gasteiger partial charge on any atom is 0.194 e. The van der Waals surface area contributed by atoms with Crippen molar-refractivity contribution in [2.24, 2.45) is 5.92 Å². The molecule has 0 heterocycles. The largest absolute Gasteiger partial charge is 0.289 e. The van der Waals surface area contributed by atoms with Crippen molar-refractivity contribution in [2.75, 3.05) is 0 Å². The van der Waals surface area contributed by atoms with Crippen LogP contribution in [0.25, 0.3) is 0 Å². The highest BCUT2D eigenvalue weighted by atomic mass is 16.1. The first kappa shape index (κ1) is 13.7. The van der Waals surface area contributed by atoms with Gasteiger partial charge in [-0.05, 0) is 23.5 Å². The summed E-state index contributed by atoms with van der Waals surface area (Å²) in [7, 11) is 0. The van der Waals surface area contributed by atoms with E-state index in [1.807, 2.05) is 12.1 Å². The monoisotopic (exact) mass is 278 g/mol. The molecule has 0 aromatic heterocycles. The second-order valence-corrected chi connectivity index (χ2v) is 6.04. The van der Waals surface area contributed by atoms with Crippen molar-refractivity contribution >= 4 is 11.6 Å². The first-order chi connectivity index (χ1) is 10.0. The molecule has 0 amide bonds. The molecule has 0 bridgehead atoms. The molecule has 0 radical (unpaired) electrons. The SMILES string of the molecule is CC(C)[C@@H](C)c1ccc2c(c1)C(=O)c1ccccc1C2=O. The minimum Gasteiger partial charge on any atom is -0.289 e. The topological polar surface area (TPSA) is 34.1 Å². The van der Waals surface area contributed by atoms with Crippen molar-refractivity contribution in [1.82, 2.24) is 0 Å². The maximum atomic E-state index is 12.6. The van der Waals surface area contributed by atoms with Crippen molar-refractivity contribution in [3.8, 4) is 0 Å². The zero-order valence-corrected chi connectivity index (χ0v) is 12.5. The van der Waals surface area contributed by atoms with E-state index in [0.29, 0.717) is 34.1 Å². The summed E-state index contributed by atoms with van der Waals surface area (Å²) in [6.45, 7) is 6.47. The molecule has 2 nitrogen and oxygen atoms in total. The Kier molecular flexibility index (Phi) is 3.25. The average molecular weight is 278 g/mol. The van der Waals surface area contributed by atoms with Crippen LogP contribution in [0.4, 0.5) is 0 Å². The fraction of sp³-hybridized carbons (Fsp3) is 0.263. The maximum absolute atomic E-state index is 12.6. The molecule has 1 aliphatic carbocycles. The van der Waals surface area contributed by atoms with E-state index in [4.69, 9.17) is 0 Å². The van der Waals surface area contributed by atoms with E-state index in [-0.39, 0.29) is 11.6 Å². The van der Waals surface area contributed by atoms with Crippen molar-refractivity contribution in [3.05, 3.63) is 70.3 Å². The molecule has 0 fully saturated rings. The van der Waals surface area contributed by atoms with E-state index in [1.54, 1.807) is 30.3 Å². The van der Waals surface area contributed by atoms with E-state index in [1.165, 1.54) is 0 Å². The van der Waals surface area contributed by atoms with Crippen LogP contribution in [0.3, 0.4) is 0 Å². The molecular formula is C19H18O2. The van der Waals surface area contributed by atoms with Crippen molar-refractivity contribution in [2.45, 2.75) is 26.7 Å². The lowest BCUT2D eigenvalue weighted by molar-refractivity contribution is 0.0979. The number of carbonyl (C=O) groups excluding carboxylic acids is 2. The zero-order valence-electron chi connectivity index (χ0n) is 12.5. The Morgan fingerprint density at radius 1 is 0.714 bits per heavy atom. The quantitative estimate of drug-likeness (QED) is 0.703. The Balaban J connectivity index is 2.15. The highest BCUT2D eigenvalue weighted by Gasteiger charge is 2.29. The summed E-state index contributed by atoms with van der Waals surface area (Å²) in [5.41, 5.74) is 3.22. The fourth-order valence-corrected chi connectivity index (χ4v) is 2.79. The van der Waals surface area contributed by atoms with Crippen LogP contribution in [0.5, 0.6) is 0 Å². The Hall–Kier alpha value is -2.22. The molecule has 0 aliphatic heterocycles. The number of fused-ring (bicyclic) bond motifs is 2. The summed E-state index contributed by atoms with van der Waals surface area (Å²) in [5, 5.41) is 0. The molecule has 2 aromatic rings. The van der Waals surface area contributed by atoms with Crippen molar-refractivity contribution in [1.29, 1.82) is 0 Å². The van der Waals surface area contributed by atoms with Gasteiger partial charge in [-0.2, -0.15) is 0 Å². The van der Waals surface area contributed by atoms with Crippen LogP contribution in [0.15, 0.2) is 42.5 Å². The van der Waals surface area contributed by atoms with Crippen molar-refractivity contribution < 1.29 is 9.59 Å². The Morgan fingerprint density at radius 3 is 1.81 bits per heavy atom. The molecule has 0 N–H and O–H groups in total. The molecule has 106 valence electrons. The molecule has 0 spiro atoms. The summed E-state index contributed by atoms with van der Waals surface area (Å²) in [5.74, 6) is 0.752. The van der Waals surface area contributed by atoms with Gasteiger partial charge in [0.05, 0.1) is 0 Å². The smallest absolute Gasteiger partial charge is 0.194 e. The molecular weight excluding hydrogens is 260 g/mol. The molecule has 0 saturated heterocycles. The van der Waals surface area contributed by atoms with Crippen LogP contribution in [0.1, 0.15) is 64.1 Å². The molecule has 0 saturated carbocycles. The van der Waals surface area contributed by atoms with Gasteiger partial charge in [-0.3, -0.25) is 9.59 Å². The van der Waals surface area contributed by atoms with Crippen LogP contribution in [-0.2, 0) is 0 Å². The van der Waals surface area contributed by atoms with Gasteiger partial charge in [-0.1, -0.05) is 57.2 Å². The minimum atomic E-state index is -0.0519. The van der Waals surface area contributed by atoms with Gasteiger partial charge in [0.2, 0.25) is 0 Å². The summed E-state index contributed by atoms with van der Waals surface area (Å²) in [4.78, 5) is 25.2. The minimum absolute atomic E-state index is 0.0435. The van der Waals surface area contributed by atoms with Gasteiger partial charge >= 0.3 is 0 Å². The number of carbonyl (C=O) groups is 2. The molecule has 3 rings (SSSR count). The zero-order chi connectivity index (χ0) is 15.1. The number of benzene rings is 2. The van der Waals surface area contributed by atoms with Gasteiger partial charge in [0.25, 0.3) is 0 Å². The third-order valence-corrected chi connectivity index (χ3v) is 4.47. The van der Waals surface area contributed by atoms with E-state index < -0.39 is 0 Å². The Morgan fingerprint density at radius 2 is 1.24 bits per heavy atom. The van der Waals surface area contributed by atoms with E-state index in [2.05, 4.69) is 20.8 Å². The Bertz CT molecular complexity index is 741. The number of hydrogen-bond acceptors (Lipinski definition) is 2. The summed E-state index contributed by atoms with van der Waals surface area (Å²) in [6.07, 6.45) is 0.